The van der Waals surface area contributed by atoms with Gasteiger partial charge in [-0.3, -0.25) is 14.4 Å². The van der Waals surface area contributed by atoms with Crippen LogP contribution in [0.1, 0.15) is 93.1 Å². The van der Waals surface area contributed by atoms with Crippen LogP contribution >= 0.6 is 11.6 Å². The molecule has 2 aliphatic heterocycles. The fourth-order valence-corrected chi connectivity index (χ4v) is 8.10. The summed E-state index contributed by atoms with van der Waals surface area (Å²) < 4.78 is 30.3. The van der Waals surface area contributed by atoms with E-state index in [0.29, 0.717) is 38.2 Å². The average molecular weight is 761 g/mol. The van der Waals surface area contributed by atoms with E-state index in [2.05, 4.69) is 29.0 Å². The second kappa shape index (κ2) is 16.1. The minimum absolute atomic E-state index is 0.0200. The highest BCUT2D eigenvalue weighted by Gasteiger charge is 2.33. The van der Waals surface area contributed by atoms with E-state index in [0.717, 1.165) is 48.1 Å². The summed E-state index contributed by atoms with van der Waals surface area (Å²) in [6.07, 6.45) is 4.53. The number of anilines is 1. The molecule has 0 saturated carbocycles. The number of sulfonamides is 1. The number of hydrogen-bond donors (Lipinski definition) is 3. The smallest absolute Gasteiger partial charge is 0.275 e. The summed E-state index contributed by atoms with van der Waals surface area (Å²) in [5.41, 5.74) is 4.25. The average Bonchev–Trinajstić information content (AvgIpc) is 3.76. The highest BCUT2D eigenvalue weighted by atomic mass is 35.5. The number of amides is 3. The molecule has 14 heteroatoms. The van der Waals surface area contributed by atoms with Crippen molar-refractivity contribution in [3.05, 3.63) is 105 Å². The Morgan fingerprint density at radius 1 is 1.00 bits per heavy atom. The van der Waals surface area contributed by atoms with Crippen LogP contribution in [-0.4, -0.2) is 83.1 Å². The number of carbonyl (C=O) groups is 3. The van der Waals surface area contributed by atoms with Gasteiger partial charge in [0.05, 0.1) is 39.5 Å². The van der Waals surface area contributed by atoms with Crippen LogP contribution in [0.4, 0.5) is 5.69 Å². The Morgan fingerprint density at radius 2 is 1.72 bits per heavy atom. The van der Waals surface area contributed by atoms with Crippen molar-refractivity contribution in [3.63, 3.8) is 0 Å². The molecule has 3 aromatic carbocycles. The maximum Gasteiger partial charge on any atom is 0.275 e. The Hall–Kier alpha value is -4.72. The molecule has 0 aliphatic carbocycles. The predicted octanol–water partition coefficient (Wildman–Crippen LogP) is 5.52. The number of nitrogens with one attached hydrogen (secondary N) is 2. The SMILES string of the molecule is CCCCN(CCCC)C(=O)c1nn(-c2ccc(C(=O)NS(=O)(=O)c3ccc4c(c3)CCN4)cc2C(=O)N2Cc3ccccc3CC2CO)c(C)c1Cl. The summed E-state index contributed by atoms with van der Waals surface area (Å²) in [6, 6.07) is 16.0. The largest absolute Gasteiger partial charge is 0.394 e. The lowest BCUT2D eigenvalue weighted by Gasteiger charge is -2.36. The summed E-state index contributed by atoms with van der Waals surface area (Å²) in [6.45, 7) is 7.49. The molecule has 3 amide bonds. The van der Waals surface area contributed by atoms with Gasteiger partial charge in [-0.2, -0.15) is 5.10 Å². The van der Waals surface area contributed by atoms with Gasteiger partial charge < -0.3 is 20.2 Å². The number of unbranched alkanes of at least 4 members (excludes halogenated alkanes) is 2. The first-order valence-corrected chi connectivity index (χ1v) is 19.9. The summed E-state index contributed by atoms with van der Waals surface area (Å²) in [7, 11) is -4.26. The van der Waals surface area contributed by atoms with Crippen molar-refractivity contribution in [2.45, 2.75) is 76.8 Å². The summed E-state index contributed by atoms with van der Waals surface area (Å²) in [5, 5.41) is 18.4. The van der Waals surface area contributed by atoms with E-state index in [-0.39, 0.29) is 51.5 Å². The van der Waals surface area contributed by atoms with E-state index in [9.17, 15) is 27.9 Å². The third kappa shape index (κ3) is 7.83. The van der Waals surface area contributed by atoms with Gasteiger partial charge in [0.2, 0.25) is 0 Å². The molecule has 1 unspecified atom stereocenters. The van der Waals surface area contributed by atoms with Crippen LogP contribution in [0.2, 0.25) is 5.02 Å². The van der Waals surface area contributed by atoms with Crippen molar-refractivity contribution in [1.29, 1.82) is 0 Å². The maximum atomic E-state index is 14.7. The van der Waals surface area contributed by atoms with Crippen molar-refractivity contribution >= 4 is 45.0 Å². The highest BCUT2D eigenvalue weighted by Crippen LogP contribution is 2.31. The Bertz CT molecular complexity index is 2140. The molecule has 0 fully saturated rings. The van der Waals surface area contributed by atoms with Crippen LogP contribution in [0.5, 0.6) is 0 Å². The lowest BCUT2D eigenvalue weighted by molar-refractivity contribution is 0.0544. The molecular weight excluding hydrogens is 716 g/mol. The third-order valence-corrected chi connectivity index (χ3v) is 11.7. The van der Waals surface area contributed by atoms with Gasteiger partial charge in [0, 0.05) is 37.4 Å². The van der Waals surface area contributed by atoms with Crippen molar-refractivity contribution in [3.8, 4) is 5.69 Å². The van der Waals surface area contributed by atoms with Crippen molar-refractivity contribution in [2.75, 3.05) is 31.6 Å². The second-order valence-electron chi connectivity index (χ2n) is 13.6. The Kier molecular flexibility index (Phi) is 11.6. The molecule has 0 radical (unpaired) electrons. The summed E-state index contributed by atoms with van der Waals surface area (Å²) >= 11 is 6.81. The Morgan fingerprint density at radius 3 is 2.42 bits per heavy atom. The van der Waals surface area contributed by atoms with Gasteiger partial charge in [-0.25, -0.2) is 17.8 Å². The zero-order valence-corrected chi connectivity index (χ0v) is 31.8. The van der Waals surface area contributed by atoms with Crippen molar-refractivity contribution in [2.24, 2.45) is 0 Å². The van der Waals surface area contributed by atoms with E-state index in [1.807, 2.05) is 24.3 Å². The quantitative estimate of drug-likeness (QED) is 0.161. The van der Waals surface area contributed by atoms with Gasteiger partial charge in [0.15, 0.2) is 5.69 Å². The van der Waals surface area contributed by atoms with E-state index < -0.39 is 27.9 Å². The molecule has 1 atom stereocenters. The molecule has 4 aromatic rings. The number of benzene rings is 3. The standard InChI is InChI=1S/C39H45ClN6O6S/c1-4-6-18-44(19-7-5-2)39(50)36-35(40)25(3)46(42-36)34-15-12-28(37(48)43-53(51,52)31-13-14-33-27(21-31)16-17-41-33)22-32(34)38(49)45-23-29-11-9-8-10-26(29)20-30(45)24-47/h8-15,21-22,30,41,47H,4-7,16-20,23-24H2,1-3H3,(H,43,48). The first-order valence-electron chi connectivity index (χ1n) is 18.1. The predicted molar refractivity (Wildman–Crippen MR) is 203 cm³/mol. The van der Waals surface area contributed by atoms with Gasteiger partial charge in [0.1, 0.15) is 0 Å². The number of fused-ring (bicyclic) bond motifs is 2. The minimum Gasteiger partial charge on any atom is -0.394 e. The van der Waals surface area contributed by atoms with E-state index >= 15 is 0 Å². The highest BCUT2D eigenvalue weighted by molar-refractivity contribution is 7.90. The van der Waals surface area contributed by atoms with Crippen LogP contribution < -0.4 is 10.0 Å². The fraction of sp³-hybridized carbons (Fsp3) is 0.385. The number of hydrogen-bond acceptors (Lipinski definition) is 8. The van der Waals surface area contributed by atoms with Gasteiger partial charge in [0.25, 0.3) is 27.7 Å². The van der Waals surface area contributed by atoms with E-state index in [1.54, 1.807) is 28.9 Å². The third-order valence-electron chi connectivity index (χ3n) is 9.96. The number of aromatic nitrogens is 2. The van der Waals surface area contributed by atoms with Crippen molar-refractivity contribution in [1.82, 2.24) is 24.3 Å². The number of halogens is 1. The molecule has 1 aromatic heterocycles. The lowest BCUT2D eigenvalue weighted by atomic mass is 9.93. The van der Waals surface area contributed by atoms with Crippen LogP contribution in [0.15, 0.2) is 65.6 Å². The molecule has 0 spiro atoms. The molecule has 53 heavy (non-hydrogen) atoms. The number of aliphatic hydroxyl groups is 1. The Balaban J connectivity index is 1.40. The van der Waals surface area contributed by atoms with E-state index in [4.69, 9.17) is 11.6 Å². The lowest BCUT2D eigenvalue weighted by Crippen LogP contribution is -2.46. The number of rotatable bonds is 13. The molecule has 12 nitrogen and oxygen atoms in total. The number of aliphatic hydroxyl groups excluding tert-OH is 1. The van der Waals surface area contributed by atoms with Gasteiger partial charge in [-0.1, -0.05) is 62.6 Å². The summed E-state index contributed by atoms with van der Waals surface area (Å²) in [4.78, 5) is 45.4. The maximum absolute atomic E-state index is 14.7. The van der Waals surface area contributed by atoms with Crippen LogP contribution in [-0.2, 0) is 29.4 Å². The van der Waals surface area contributed by atoms with Crippen LogP contribution in [0, 0.1) is 6.92 Å². The summed E-state index contributed by atoms with van der Waals surface area (Å²) in [5.74, 6) is -1.76. The second-order valence-corrected chi connectivity index (χ2v) is 15.6. The molecule has 0 bridgehead atoms. The molecule has 3 heterocycles. The van der Waals surface area contributed by atoms with Crippen molar-refractivity contribution < 1.29 is 27.9 Å². The first kappa shape index (κ1) is 38.0. The normalized spacial score (nSPS) is 15.0. The Labute approximate surface area is 315 Å². The first-order chi connectivity index (χ1) is 25.5. The minimum atomic E-state index is -4.26. The molecular formula is C39H45ClN6O6S. The molecule has 6 rings (SSSR count). The molecule has 2 aliphatic rings. The fourth-order valence-electron chi connectivity index (χ4n) is 6.88. The zero-order valence-electron chi connectivity index (χ0n) is 30.2. The number of carbonyl (C=O) groups excluding carboxylic acids is 3. The van der Waals surface area contributed by atoms with Gasteiger partial charge in [-0.05, 0) is 85.7 Å². The molecule has 280 valence electrons. The number of nitrogens with zero attached hydrogens (tertiary/aromatic N) is 4. The molecule has 0 saturated heterocycles. The molecule has 3 N–H and O–H groups in total. The zero-order chi connectivity index (χ0) is 37.9. The van der Waals surface area contributed by atoms with Gasteiger partial charge in [-0.15, -0.1) is 0 Å². The topological polar surface area (TPSA) is 154 Å². The van der Waals surface area contributed by atoms with Crippen LogP contribution in [0.3, 0.4) is 0 Å². The van der Waals surface area contributed by atoms with Gasteiger partial charge >= 0.3 is 0 Å². The van der Waals surface area contributed by atoms with E-state index in [1.165, 1.54) is 28.9 Å². The monoisotopic (exact) mass is 760 g/mol. The van der Waals surface area contributed by atoms with Crippen LogP contribution in [0.25, 0.3) is 5.69 Å².